The number of hydrogen-bond acceptors (Lipinski definition) is 2. The van der Waals surface area contributed by atoms with Gasteiger partial charge in [-0.3, -0.25) is 0 Å². The number of nitrogens with zero attached hydrogens (tertiary/aromatic N) is 1. The standard InChI is InChI=1S/C7H6ClF3N2/c8-5-1-3(7(10)11)6(9)4(2-12)13-5/h1,7H,2,12H2. The molecule has 0 radical (unpaired) electrons. The van der Waals surface area contributed by atoms with E-state index in [2.05, 4.69) is 4.98 Å². The molecule has 0 aliphatic heterocycles. The molecular weight excluding hydrogens is 205 g/mol. The van der Waals surface area contributed by atoms with Crippen LogP contribution in [0.25, 0.3) is 0 Å². The summed E-state index contributed by atoms with van der Waals surface area (Å²) in [5.74, 6) is -1.08. The molecule has 0 spiro atoms. The van der Waals surface area contributed by atoms with Gasteiger partial charge in [0.05, 0.1) is 11.3 Å². The van der Waals surface area contributed by atoms with Gasteiger partial charge in [0.1, 0.15) is 5.15 Å². The zero-order valence-corrected chi connectivity index (χ0v) is 7.15. The van der Waals surface area contributed by atoms with Crippen molar-refractivity contribution in [2.45, 2.75) is 13.0 Å². The van der Waals surface area contributed by atoms with Crippen LogP contribution in [0, 0.1) is 5.82 Å². The second-order valence-corrected chi connectivity index (χ2v) is 2.69. The topological polar surface area (TPSA) is 38.9 Å². The van der Waals surface area contributed by atoms with Gasteiger partial charge in [-0.25, -0.2) is 18.2 Å². The van der Waals surface area contributed by atoms with Gasteiger partial charge < -0.3 is 5.73 Å². The number of nitrogens with two attached hydrogens (primary N) is 1. The first-order chi connectivity index (χ1) is 6.06. The monoisotopic (exact) mass is 210 g/mol. The van der Waals surface area contributed by atoms with Crippen molar-refractivity contribution >= 4 is 11.6 Å². The first kappa shape index (κ1) is 10.3. The lowest BCUT2D eigenvalue weighted by atomic mass is 10.2. The van der Waals surface area contributed by atoms with Crippen LogP contribution in [-0.2, 0) is 6.54 Å². The van der Waals surface area contributed by atoms with E-state index in [0.717, 1.165) is 6.07 Å². The summed E-state index contributed by atoms with van der Waals surface area (Å²) in [6, 6.07) is 0.792. The van der Waals surface area contributed by atoms with Crippen molar-refractivity contribution < 1.29 is 13.2 Å². The molecule has 0 bridgehead atoms. The molecule has 1 aromatic heterocycles. The third-order valence-corrected chi connectivity index (χ3v) is 1.65. The molecule has 0 fully saturated rings. The zero-order chi connectivity index (χ0) is 10.0. The van der Waals surface area contributed by atoms with E-state index >= 15 is 0 Å². The number of aromatic nitrogens is 1. The summed E-state index contributed by atoms with van der Waals surface area (Å²) in [6.45, 7) is -0.258. The Hall–Kier alpha value is -0.810. The quantitative estimate of drug-likeness (QED) is 0.761. The third kappa shape index (κ3) is 2.10. The largest absolute Gasteiger partial charge is 0.325 e. The van der Waals surface area contributed by atoms with Crippen LogP contribution in [0.4, 0.5) is 13.2 Å². The molecule has 2 nitrogen and oxygen atoms in total. The van der Waals surface area contributed by atoms with Crippen molar-refractivity contribution in [3.05, 3.63) is 28.3 Å². The summed E-state index contributed by atoms with van der Waals surface area (Å²) < 4.78 is 37.3. The molecule has 1 aromatic rings. The first-order valence-corrected chi connectivity index (χ1v) is 3.77. The summed E-state index contributed by atoms with van der Waals surface area (Å²) in [6.07, 6.45) is -2.91. The van der Waals surface area contributed by atoms with E-state index in [-0.39, 0.29) is 17.4 Å². The molecule has 0 aromatic carbocycles. The molecule has 0 atom stereocenters. The normalized spacial score (nSPS) is 10.9. The van der Waals surface area contributed by atoms with Gasteiger partial charge in [0.15, 0.2) is 5.82 Å². The molecule has 13 heavy (non-hydrogen) atoms. The van der Waals surface area contributed by atoms with Crippen molar-refractivity contribution in [3.8, 4) is 0 Å². The molecule has 2 N–H and O–H groups in total. The van der Waals surface area contributed by atoms with Crippen LogP contribution in [0.3, 0.4) is 0 Å². The van der Waals surface area contributed by atoms with E-state index < -0.39 is 17.8 Å². The van der Waals surface area contributed by atoms with E-state index in [4.69, 9.17) is 17.3 Å². The molecular formula is C7H6ClF3N2. The Morgan fingerprint density at radius 1 is 1.54 bits per heavy atom. The van der Waals surface area contributed by atoms with Gasteiger partial charge in [-0.1, -0.05) is 11.6 Å². The van der Waals surface area contributed by atoms with Crippen molar-refractivity contribution in [2.75, 3.05) is 0 Å². The highest BCUT2D eigenvalue weighted by molar-refractivity contribution is 6.29. The lowest BCUT2D eigenvalue weighted by molar-refractivity contribution is 0.146. The predicted molar refractivity (Wildman–Crippen MR) is 42.1 cm³/mol. The molecule has 0 saturated heterocycles. The minimum absolute atomic E-state index is 0.183. The van der Waals surface area contributed by atoms with Gasteiger partial charge in [0.25, 0.3) is 6.43 Å². The van der Waals surface area contributed by atoms with E-state index in [0.29, 0.717) is 0 Å². The van der Waals surface area contributed by atoms with Gasteiger partial charge >= 0.3 is 0 Å². The molecule has 1 rings (SSSR count). The minimum Gasteiger partial charge on any atom is -0.325 e. The summed E-state index contributed by atoms with van der Waals surface area (Å²) in [4.78, 5) is 3.47. The summed E-state index contributed by atoms with van der Waals surface area (Å²) >= 11 is 5.38. The maximum absolute atomic E-state index is 13.0. The molecule has 0 aliphatic carbocycles. The average Bonchev–Trinajstić information content (AvgIpc) is 2.08. The fourth-order valence-electron chi connectivity index (χ4n) is 0.863. The van der Waals surface area contributed by atoms with Gasteiger partial charge in [-0.15, -0.1) is 0 Å². The van der Waals surface area contributed by atoms with Crippen LogP contribution in [0.15, 0.2) is 6.07 Å². The molecule has 0 amide bonds. The number of hydrogen-bond donors (Lipinski definition) is 1. The lowest BCUT2D eigenvalue weighted by Crippen LogP contribution is -2.06. The van der Waals surface area contributed by atoms with E-state index in [1.54, 1.807) is 0 Å². The smallest absolute Gasteiger partial charge is 0.266 e. The fraction of sp³-hybridized carbons (Fsp3) is 0.286. The first-order valence-electron chi connectivity index (χ1n) is 3.39. The van der Waals surface area contributed by atoms with Crippen LogP contribution in [0.2, 0.25) is 5.15 Å². The molecule has 0 saturated carbocycles. The minimum atomic E-state index is -2.91. The van der Waals surface area contributed by atoms with Crippen LogP contribution in [0.1, 0.15) is 17.7 Å². The second kappa shape index (κ2) is 3.93. The van der Waals surface area contributed by atoms with E-state index in [1.807, 2.05) is 0 Å². The molecule has 1 heterocycles. The Morgan fingerprint density at radius 2 is 2.15 bits per heavy atom. The van der Waals surface area contributed by atoms with Crippen molar-refractivity contribution in [2.24, 2.45) is 5.73 Å². The van der Waals surface area contributed by atoms with Gasteiger partial charge in [0.2, 0.25) is 0 Å². The maximum Gasteiger partial charge on any atom is 0.266 e. The fourth-order valence-corrected chi connectivity index (χ4v) is 1.08. The Morgan fingerprint density at radius 3 is 2.62 bits per heavy atom. The Kier molecular flexibility index (Phi) is 3.11. The number of alkyl halides is 2. The van der Waals surface area contributed by atoms with Crippen LogP contribution in [-0.4, -0.2) is 4.98 Å². The lowest BCUT2D eigenvalue weighted by Gasteiger charge is -2.05. The highest BCUT2D eigenvalue weighted by atomic mass is 35.5. The molecule has 6 heteroatoms. The summed E-state index contributed by atoms with van der Waals surface area (Å²) in [7, 11) is 0. The molecule has 0 unspecified atom stereocenters. The highest BCUT2D eigenvalue weighted by Gasteiger charge is 2.18. The Balaban J connectivity index is 3.27. The van der Waals surface area contributed by atoms with Crippen LogP contribution >= 0.6 is 11.6 Å². The summed E-state index contributed by atoms with van der Waals surface area (Å²) in [5, 5.41) is -0.183. The number of pyridine rings is 1. The number of rotatable bonds is 2. The van der Waals surface area contributed by atoms with Crippen LogP contribution in [0.5, 0.6) is 0 Å². The van der Waals surface area contributed by atoms with E-state index in [1.165, 1.54) is 0 Å². The Labute approximate surface area is 77.5 Å². The highest BCUT2D eigenvalue weighted by Crippen LogP contribution is 2.25. The third-order valence-electron chi connectivity index (χ3n) is 1.45. The SMILES string of the molecule is NCc1nc(Cl)cc(C(F)F)c1F. The van der Waals surface area contributed by atoms with Crippen molar-refractivity contribution in [3.63, 3.8) is 0 Å². The van der Waals surface area contributed by atoms with Gasteiger partial charge in [-0.2, -0.15) is 0 Å². The zero-order valence-electron chi connectivity index (χ0n) is 6.40. The Bertz CT molecular complexity index is 317. The maximum atomic E-state index is 13.0. The summed E-state index contributed by atoms with van der Waals surface area (Å²) in [5.41, 5.74) is 4.07. The second-order valence-electron chi connectivity index (χ2n) is 2.30. The van der Waals surface area contributed by atoms with Crippen LogP contribution < -0.4 is 5.73 Å². The van der Waals surface area contributed by atoms with Crippen molar-refractivity contribution in [1.82, 2.24) is 4.98 Å². The average molecular weight is 211 g/mol. The molecule has 0 aliphatic rings. The van der Waals surface area contributed by atoms with E-state index in [9.17, 15) is 13.2 Å². The predicted octanol–water partition coefficient (Wildman–Crippen LogP) is 2.27. The number of halogens is 4. The molecule has 72 valence electrons. The van der Waals surface area contributed by atoms with Gasteiger partial charge in [0, 0.05) is 6.54 Å². The van der Waals surface area contributed by atoms with Crippen molar-refractivity contribution in [1.29, 1.82) is 0 Å². The van der Waals surface area contributed by atoms with Gasteiger partial charge in [-0.05, 0) is 6.07 Å².